The second-order valence-corrected chi connectivity index (χ2v) is 6.70. The SMILES string of the molecule is C=CCC(C(=O)O)C12CC3CC(CC(C3)C1)C2. The van der Waals surface area contributed by atoms with Gasteiger partial charge in [-0.15, -0.1) is 6.58 Å². The molecule has 0 heterocycles. The van der Waals surface area contributed by atoms with E-state index in [-0.39, 0.29) is 11.3 Å². The molecule has 1 atom stereocenters. The van der Waals surface area contributed by atoms with Gasteiger partial charge in [0.15, 0.2) is 0 Å². The van der Waals surface area contributed by atoms with E-state index in [1.54, 1.807) is 6.08 Å². The maximum absolute atomic E-state index is 11.6. The number of aliphatic carboxylic acids is 1. The van der Waals surface area contributed by atoms with E-state index in [1.165, 1.54) is 38.5 Å². The fourth-order valence-electron chi connectivity index (χ4n) is 5.38. The number of rotatable bonds is 4. The van der Waals surface area contributed by atoms with Crippen LogP contribution in [-0.2, 0) is 4.79 Å². The first-order chi connectivity index (χ1) is 8.13. The summed E-state index contributed by atoms with van der Waals surface area (Å²) in [4.78, 5) is 11.6. The molecule has 0 aromatic carbocycles. The van der Waals surface area contributed by atoms with E-state index in [9.17, 15) is 9.90 Å². The highest BCUT2D eigenvalue weighted by Gasteiger charge is 2.55. The molecule has 0 amide bonds. The van der Waals surface area contributed by atoms with Gasteiger partial charge in [0.1, 0.15) is 0 Å². The minimum Gasteiger partial charge on any atom is -0.481 e. The van der Waals surface area contributed by atoms with Gasteiger partial charge in [0.25, 0.3) is 0 Å². The van der Waals surface area contributed by atoms with E-state index in [0.717, 1.165) is 17.8 Å². The van der Waals surface area contributed by atoms with Crippen LogP contribution >= 0.6 is 0 Å². The Morgan fingerprint density at radius 2 is 1.71 bits per heavy atom. The maximum atomic E-state index is 11.6. The van der Waals surface area contributed by atoms with Gasteiger partial charge in [-0.05, 0) is 68.1 Å². The molecule has 4 bridgehead atoms. The van der Waals surface area contributed by atoms with E-state index in [4.69, 9.17) is 0 Å². The number of hydrogen-bond donors (Lipinski definition) is 1. The summed E-state index contributed by atoms with van der Waals surface area (Å²) >= 11 is 0. The third-order valence-electron chi connectivity index (χ3n) is 5.53. The molecule has 2 nitrogen and oxygen atoms in total. The smallest absolute Gasteiger partial charge is 0.307 e. The van der Waals surface area contributed by atoms with Crippen molar-refractivity contribution in [2.24, 2.45) is 29.1 Å². The monoisotopic (exact) mass is 234 g/mol. The fraction of sp³-hybridized carbons (Fsp3) is 0.800. The van der Waals surface area contributed by atoms with Crippen molar-refractivity contribution >= 4 is 5.97 Å². The molecular weight excluding hydrogens is 212 g/mol. The molecule has 94 valence electrons. The zero-order valence-corrected chi connectivity index (χ0v) is 10.4. The molecule has 4 saturated carbocycles. The average molecular weight is 234 g/mol. The topological polar surface area (TPSA) is 37.3 Å². The summed E-state index contributed by atoms with van der Waals surface area (Å²) in [6.07, 6.45) is 10.1. The third kappa shape index (κ3) is 1.73. The minimum absolute atomic E-state index is 0.120. The van der Waals surface area contributed by atoms with Crippen LogP contribution < -0.4 is 0 Å². The lowest BCUT2D eigenvalue weighted by molar-refractivity contribution is -0.157. The van der Waals surface area contributed by atoms with Crippen molar-refractivity contribution in [2.45, 2.75) is 44.9 Å². The Morgan fingerprint density at radius 1 is 1.24 bits per heavy atom. The van der Waals surface area contributed by atoms with Crippen LogP contribution in [-0.4, -0.2) is 11.1 Å². The summed E-state index contributed by atoms with van der Waals surface area (Å²) in [5, 5.41) is 9.52. The van der Waals surface area contributed by atoms with Crippen molar-refractivity contribution < 1.29 is 9.90 Å². The maximum Gasteiger partial charge on any atom is 0.307 e. The summed E-state index contributed by atoms with van der Waals surface area (Å²) in [5.41, 5.74) is 0.120. The largest absolute Gasteiger partial charge is 0.481 e. The van der Waals surface area contributed by atoms with E-state index in [2.05, 4.69) is 6.58 Å². The van der Waals surface area contributed by atoms with Gasteiger partial charge in [-0.25, -0.2) is 0 Å². The van der Waals surface area contributed by atoms with E-state index in [0.29, 0.717) is 6.42 Å². The summed E-state index contributed by atoms with van der Waals surface area (Å²) in [6.45, 7) is 3.75. The Hall–Kier alpha value is -0.790. The Bertz CT molecular complexity index is 310. The molecule has 1 N–H and O–H groups in total. The summed E-state index contributed by atoms with van der Waals surface area (Å²) in [5.74, 6) is 1.72. The van der Waals surface area contributed by atoms with Crippen molar-refractivity contribution in [1.82, 2.24) is 0 Å². The van der Waals surface area contributed by atoms with Gasteiger partial charge in [-0.1, -0.05) is 6.08 Å². The zero-order chi connectivity index (χ0) is 12.0. The average Bonchev–Trinajstić information content (AvgIpc) is 2.23. The normalized spacial score (nSPS) is 44.6. The second-order valence-electron chi connectivity index (χ2n) is 6.70. The highest BCUT2D eigenvalue weighted by molar-refractivity contribution is 5.71. The molecule has 0 aromatic heterocycles. The van der Waals surface area contributed by atoms with Crippen LogP contribution in [0, 0.1) is 29.1 Å². The number of hydrogen-bond acceptors (Lipinski definition) is 1. The van der Waals surface area contributed by atoms with Crippen molar-refractivity contribution in [2.75, 3.05) is 0 Å². The van der Waals surface area contributed by atoms with Crippen LogP contribution in [0.15, 0.2) is 12.7 Å². The van der Waals surface area contributed by atoms with Gasteiger partial charge in [-0.2, -0.15) is 0 Å². The molecular formula is C15H22O2. The molecule has 0 aliphatic heterocycles. The molecule has 2 heteroatoms. The van der Waals surface area contributed by atoms with Gasteiger partial charge in [0, 0.05) is 0 Å². The zero-order valence-electron chi connectivity index (χ0n) is 10.4. The molecule has 4 rings (SSSR count). The molecule has 0 radical (unpaired) electrons. The first-order valence-electron chi connectivity index (χ1n) is 6.96. The van der Waals surface area contributed by atoms with Crippen molar-refractivity contribution in [3.05, 3.63) is 12.7 Å². The van der Waals surface area contributed by atoms with Crippen LogP contribution in [0.1, 0.15) is 44.9 Å². The number of allylic oxidation sites excluding steroid dienone is 1. The van der Waals surface area contributed by atoms with E-state index in [1.807, 2.05) is 0 Å². The quantitative estimate of drug-likeness (QED) is 0.756. The van der Waals surface area contributed by atoms with Crippen LogP contribution in [0.25, 0.3) is 0 Å². The number of carboxylic acids is 1. The summed E-state index contributed by atoms with van der Waals surface area (Å²) in [7, 11) is 0. The van der Waals surface area contributed by atoms with Crippen LogP contribution in [0.3, 0.4) is 0 Å². The van der Waals surface area contributed by atoms with Gasteiger partial charge in [0.05, 0.1) is 5.92 Å². The molecule has 1 unspecified atom stereocenters. The molecule has 4 aliphatic carbocycles. The Labute approximate surface area is 103 Å². The second kappa shape index (κ2) is 3.86. The van der Waals surface area contributed by atoms with Gasteiger partial charge < -0.3 is 5.11 Å². The van der Waals surface area contributed by atoms with Crippen molar-refractivity contribution in [3.8, 4) is 0 Å². The fourth-order valence-corrected chi connectivity index (χ4v) is 5.38. The minimum atomic E-state index is -0.591. The van der Waals surface area contributed by atoms with Crippen LogP contribution in [0.4, 0.5) is 0 Å². The van der Waals surface area contributed by atoms with Crippen LogP contribution in [0.5, 0.6) is 0 Å². The summed E-state index contributed by atoms with van der Waals surface area (Å²) < 4.78 is 0. The summed E-state index contributed by atoms with van der Waals surface area (Å²) in [6, 6.07) is 0. The highest BCUT2D eigenvalue weighted by Crippen LogP contribution is 2.63. The lowest BCUT2D eigenvalue weighted by atomic mass is 9.46. The highest BCUT2D eigenvalue weighted by atomic mass is 16.4. The standard InChI is InChI=1S/C15H22O2/c1-2-3-13(14(16)17)15-7-10-4-11(8-15)6-12(5-10)9-15/h2,10-13H,1,3-9H2,(H,16,17). The number of carboxylic acid groups (broad SMARTS) is 1. The Morgan fingerprint density at radius 3 is 2.06 bits per heavy atom. The predicted octanol–water partition coefficient (Wildman–Crippen LogP) is 3.48. The number of carbonyl (C=O) groups is 1. The van der Waals surface area contributed by atoms with Crippen LogP contribution in [0.2, 0.25) is 0 Å². The van der Waals surface area contributed by atoms with Crippen molar-refractivity contribution in [1.29, 1.82) is 0 Å². The third-order valence-corrected chi connectivity index (χ3v) is 5.53. The Kier molecular flexibility index (Phi) is 2.57. The predicted molar refractivity (Wildman–Crippen MR) is 66.5 cm³/mol. The van der Waals surface area contributed by atoms with Gasteiger partial charge >= 0.3 is 5.97 Å². The Balaban J connectivity index is 1.89. The lowest BCUT2D eigenvalue weighted by Gasteiger charge is -2.58. The molecule has 0 aromatic rings. The van der Waals surface area contributed by atoms with Crippen molar-refractivity contribution in [3.63, 3.8) is 0 Å². The van der Waals surface area contributed by atoms with Gasteiger partial charge in [-0.3, -0.25) is 4.79 Å². The molecule has 4 fully saturated rings. The lowest BCUT2D eigenvalue weighted by Crippen LogP contribution is -2.51. The molecule has 0 spiro atoms. The van der Waals surface area contributed by atoms with Gasteiger partial charge in [0.2, 0.25) is 0 Å². The van der Waals surface area contributed by atoms with E-state index >= 15 is 0 Å². The first kappa shape index (κ1) is 11.3. The molecule has 4 aliphatic rings. The molecule has 0 saturated heterocycles. The first-order valence-corrected chi connectivity index (χ1v) is 6.96. The molecule has 17 heavy (non-hydrogen) atoms. The van der Waals surface area contributed by atoms with E-state index < -0.39 is 5.97 Å².